The third-order valence-electron chi connectivity index (χ3n) is 3.30. The average molecular weight is 275 g/mol. The molecule has 1 atom stereocenters. The minimum Gasteiger partial charge on any atom is -0.368 e. The number of rotatable bonds is 3. The first kappa shape index (κ1) is 13.0. The minimum absolute atomic E-state index is 0.137. The van der Waals surface area contributed by atoms with Crippen molar-refractivity contribution in [3.63, 3.8) is 0 Å². The maximum Gasteiger partial charge on any atom is 0.251 e. The Morgan fingerprint density at radius 1 is 1.55 bits per heavy atom. The molecule has 1 aliphatic heterocycles. The lowest BCUT2D eigenvalue weighted by molar-refractivity contribution is -0.0377. The normalized spacial score (nSPS) is 20.1. The van der Waals surface area contributed by atoms with Crippen molar-refractivity contribution in [1.82, 2.24) is 25.1 Å². The van der Waals surface area contributed by atoms with Crippen LogP contribution < -0.4 is 5.56 Å². The smallest absolute Gasteiger partial charge is 0.251 e. The number of nitrogens with zero attached hydrogens (tertiary/aromatic N) is 3. The van der Waals surface area contributed by atoms with Gasteiger partial charge in [-0.2, -0.15) is 5.10 Å². The van der Waals surface area contributed by atoms with Crippen LogP contribution in [0.4, 0.5) is 0 Å². The van der Waals surface area contributed by atoms with E-state index in [0.29, 0.717) is 24.7 Å². The molecule has 2 aromatic heterocycles. The Morgan fingerprint density at radius 2 is 2.45 bits per heavy atom. The second-order valence-corrected chi connectivity index (χ2v) is 4.95. The van der Waals surface area contributed by atoms with Gasteiger partial charge in [0.05, 0.1) is 6.61 Å². The molecular weight excluding hydrogens is 258 g/mol. The molecule has 0 aromatic carbocycles. The molecule has 2 aromatic rings. The summed E-state index contributed by atoms with van der Waals surface area (Å²) in [7, 11) is 0. The zero-order chi connectivity index (χ0) is 13.9. The van der Waals surface area contributed by atoms with E-state index in [0.717, 1.165) is 18.8 Å². The number of aromatic nitrogens is 4. The van der Waals surface area contributed by atoms with Gasteiger partial charge in [0.2, 0.25) is 0 Å². The molecule has 0 radical (unpaired) electrons. The van der Waals surface area contributed by atoms with Gasteiger partial charge in [-0.15, -0.1) is 0 Å². The van der Waals surface area contributed by atoms with Crippen molar-refractivity contribution in [3.05, 3.63) is 45.9 Å². The van der Waals surface area contributed by atoms with Crippen LogP contribution >= 0.6 is 0 Å². The van der Waals surface area contributed by atoms with Crippen molar-refractivity contribution in [2.75, 3.05) is 19.7 Å². The molecular formula is C13H17N5O2. The van der Waals surface area contributed by atoms with E-state index in [1.165, 1.54) is 6.07 Å². The SMILES string of the molecule is Cc1cc(=O)[nH]c([C@H]2CN(Cc3ccn[nH]3)CCO2)n1. The van der Waals surface area contributed by atoms with E-state index in [2.05, 4.69) is 25.1 Å². The topological polar surface area (TPSA) is 86.9 Å². The molecule has 0 spiro atoms. The first-order chi connectivity index (χ1) is 9.70. The van der Waals surface area contributed by atoms with Crippen molar-refractivity contribution in [2.45, 2.75) is 19.6 Å². The summed E-state index contributed by atoms with van der Waals surface area (Å²) < 4.78 is 5.72. The Bertz CT molecular complexity index is 622. The molecule has 1 fully saturated rings. The summed E-state index contributed by atoms with van der Waals surface area (Å²) in [5.41, 5.74) is 1.64. The number of ether oxygens (including phenoxy) is 1. The Kier molecular flexibility index (Phi) is 3.62. The zero-order valence-corrected chi connectivity index (χ0v) is 11.3. The predicted molar refractivity (Wildman–Crippen MR) is 72.2 cm³/mol. The van der Waals surface area contributed by atoms with Crippen LogP contribution in [0.3, 0.4) is 0 Å². The first-order valence-electron chi connectivity index (χ1n) is 6.61. The molecule has 1 saturated heterocycles. The summed E-state index contributed by atoms with van der Waals surface area (Å²) in [5.74, 6) is 0.601. The van der Waals surface area contributed by atoms with Gasteiger partial charge in [-0.1, -0.05) is 0 Å². The van der Waals surface area contributed by atoms with Crippen LogP contribution in [0.2, 0.25) is 0 Å². The quantitative estimate of drug-likeness (QED) is 0.845. The van der Waals surface area contributed by atoms with Gasteiger partial charge in [0.15, 0.2) is 0 Å². The fraction of sp³-hybridized carbons (Fsp3) is 0.462. The van der Waals surface area contributed by atoms with Crippen molar-refractivity contribution in [3.8, 4) is 0 Å². The molecule has 3 rings (SSSR count). The van der Waals surface area contributed by atoms with Crippen molar-refractivity contribution in [1.29, 1.82) is 0 Å². The summed E-state index contributed by atoms with van der Waals surface area (Å²) in [5, 5.41) is 6.90. The van der Waals surface area contributed by atoms with Crippen LogP contribution in [0.25, 0.3) is 0 Å². The molecule has 106 valence electrons. The Hall–Kier alpha value is -1.99. The summed E-state index contributed by atoms with van der Waals surface area (Å²) in [4.78, 5) is 20.9. The molecule has 0 unspecified atom stereocenters. The highest BCUT2D eigenvalue weighted by Crippen LogP contribution is 2.19. The number of hydrogen-bond acceptors (Lipinski definition) is 5. The van der Waals surface area contributed by atoms with E-state index in [1.54, 1.807) is 6.20 Å². The fourth-order valence-electron chi connectivity index (χ4n) is 2.38. The van der Waals surface area contributed by atoms with E-state index >= 15 is 0 Å². The van der Waals surface area contributed by atoms with Gasteiger partial charge in [0.1, 0.15) is 11.9 Å². The van der Waals surface area contributed by atoms with Gasteiger partial charge in [0, 0.05) is 43.3 Å². The molecule has 0 amide bonds. The van der Waals surface area contributed by atoms with Crippen molar-refractivity contribution < 1.29 is 4.74 Å². The van der Waals surface area contributed by atoms with Crippen LogP contribution in [0.1, 0.15) is 23.3 Å². The van der Waals surface area contributed by atoms with Gasteiger partial charge < -0.3 is 9.72 Å². The molecule has 0 bridgehead atoms. The molecule has 20 heavy (non-hydrogen) atoms. The number of nitrogens with one attached hydrogen (secondary N) is 2. The zero-order valence-electron chi connectivity index (χ0n) is 11.3. The third kappa shape index (κ3) is 2.94. The summed E-state index contributed by atoms with van der Waals surface area (Å²) >= 11 is 0. The van der Waals surface area contributed by atoms with E-state index in [4.69, 9.17) is 4.74 Å². The van der Waals surface area contributed by atoms with E-state index < -0.39 is 0 Å². The fourth-order valence-corrected chi connectivity index (χ4v) is 2.38. The maximum absolute atomic E-state index is 11.5. The van der Waals surface area contributed by atoms with E-state index in [-0.39, 0.29) is 11.7 Å². The lowest BCUT2D eigenvalue weighted by Crippen LogP contribution is -2.39. The molecule has 2 N–H and O–H groups in total. The van der Waals surface area contributed by atoms with Crippen LogP contribution in [0.5, 0.6) is 0 Å². The largest absolute Gasteiger partial charge is 0.368 e. The highest BCUT2D eigenvalue weighted by Gasteiger charge is 2.24. The monoisotopic (exact) mass is 275 g/mol. The Labute approximate surface area is 116 Å². The van der Waals surface area contributed by atoms with Gasteiger partial charge in [-0.3, -0.25) is 14.8 Å². The number of aryl methyl sites for hydroxylation is 1. The average Bonchev–Trinajstić information content (AvgIpc) is 2.91. The maximum atomic E-state index is 11.5. The number of aromatic amines is 2. The number of morpholine rings is 1. The molecule has 1 aliphatic rings. The van der Waals surface area contributed by atoms with Crippen LogP contribution in [-0.4, -0.2) is 44.8 Å². The molecule has 7 heteroatoms. The minimum atomic E-state index is -0.195. The van der Waals surface area contributed by atoms with Crippen LogP contribution in [0, 0.1) is 6.92 Å². The Morgan fingerprint density at radius 3 is 3.20 bits per heavy atom. The van der Waals surface area contributed by atoms with E-state index in [1.807, 2.05) is 13.0 Å². The van der Waals surface area contributed by atoms with E-state index in [9.17, 15) is 4.79 Å². The molecule has 0 aliphatic carbocycles. The van der Waals surface area contributed by atoms with Gasteiger partial charge in [0.25, 0.3) is 5.56 Å². The summed E-state index contributed by atoms with van der Waals surface area (Å²) in [6.07, 6.45) is 1.55. The Balaban J connectivity index is 1.72. The van der Waals surface area contributed by atoms with Gasteiger partial charge >= 0.3 is 0 Å². The standard InChI is InChI=1S/C13H17N5O2/c1-9-6-12(19)16-13(15-9)11-8-18(4-5-20-11)7-10-2-3-14-17-10/h2-3,6,11H,4-5,7-8H2,1H3,(H,14,17)(H,15,16,19)/t11-/m1/s1. The lowest BCUT2D eigenvalue weighted by Gasteiger charge is -2.31. The predicted octanol–water partition coefficient (Wildman–Crippen LogP) is 0.375. The second kappa shape index (κ2) is 5.56. The third-order valence-corrected chi connectivity index (χ3v) is 3.30. The summed E-state index contributed by atoms with van der Waals surface area (Å²) in [6.45, 7) is 4.77. The number of hydrogen-bond donors (Lipinski definition) is 2. The van der Waals surface area contributed by atoms with Crippen LogP contribution in [0.15, 0.2) is 23.1 Å². The highest BCUT2D eigenvalue weighted by atomic mass is 16.5. The highest BCUT2D eigenvalue weighted by molar-refractivity contribution is 5.04. The van der Waals surface area contributed by atoms with Crippen LogP contribution in [-0.2, 0) is 11.3 Å². The summed E-state index contributed by atoms with van der Waals surface area (Å²) in [6, 6.07) is 3.44. The number of H-pyrrole nitrogens is 2. The van der Waals surface area contributed by atoms with Crippen molar-refractivity contribution in [2.24, 2.45) is 0 Å². The lowest BCUT2D eigenvalue weighted by atomic mass is 10.2. The van der Waals surface area contributed by atoms with Gasteiger partial charge in [-0.25, -0.2) is 4.98 Å². The van der Waals surface area contributed by atoms with Crippen molar-refractivity contribution >= 4 is 0 Å². The molecule has 3 heterocycles. The molecule has 7 nitrogen and oxygen atoms in total. The van der Waals surface area contributed by atoms with Gasteiger partial charge in [-0.05, 0) is 13.0 Å². The first-order valence-corrected chi connectivity index (χ1v) is 6.61. The second-order valence-electron chi connectivity index (χ2n) is 4.95. The molecule has 0 saturated carbocycles.